The molecule has 1 aliphatic rings. The van der Waals surface area contributed by atoms with Gasteiger partial charge in [-0.1, -0.05) is 11.8 Å². The van der Waals surface area contributed by atoms with Gasteiger partial charge in [-0.15, -0.1) is 10.2 Å². The Morgan fingerprint density at radius 1 is 1.35 bits per heavy atom. The average Bonchev–Trinajstić information content (AvgIpc) is 3.11. The highest BCUT2D eigenvalue weighted by Gasteiger charge is 2.29. The van der Waals surface area contributed by atoms with Crippen molar-refractivity contribution >= 4 is 27.4 Å². The highest BCUT2D eigenvalue weighted by molar-refractivity contribution is 8.00. The number of ketones is 1. The Morgan fingerprint density at radius 3 is 2.65 bits per heavy atom. The van der Waals surface area contributed by atoms with Gasteiger partial charge in [0, 0.05) is 19.0 Å². The van der Waals surface area contributed by atoms with Gasteiger partial charge in [-0.05, 0) is 43.5 Å². The molecule has 0 unspecified atom stereocenters. The van der Waals surface area contributed by atoms with Crippen molar-refractivity contribution < 1.29 is 17.6 Å². The number of Topliss-reactive ketones (excluding diaryl/α,β-unsaturated/α-hetero) is 1. The smallest absolute Gasteiger partial charge is 0.191 e. The number of halogens is 1. The van der Waals surface area contributed by atoms with Gasteiger partial charge >= 0.3 is 0 Å². The highest BCUT2D eigenvalue weighted by atomic mass is 32.2. The van der Waals surface area contributed by atoms with Crippen LogP contribution in [0.3, 0.4) is 0 Å². The normalized spacial score (nSPS) is 20.2. The van der Waals surface area contributed by atoms with Gasteiger partial charge in [0.15, 0.2) is 20.8 Å². The van der Waals surface area contributed by atoms with Gasteiger partial charge in [0.05, 0.1) is 16.8 Å². The molecule has 2 aromatic rings. The van der Waals surface area contributed by atoms with Crippen LogP contribution in [-0.2, 0) is 23.3 Å². The van der Waals surface area contributed by atoms with Crippen LogP contribution in [-0.4, -0.2) is 45.7 Å². The van der Waals surface area contributed by atoms with E-state index in [4.69, 9.17) is 0 Å². The van der Waals surface area contributed by atoms with E-state index < -0.39 is 15.1 Å². The van der Waals surface area contributed by atoms with Gasteiger partial charge < -0.3 is 4.57 Å². The van der Waals surface area contributed by atoms with Crippen LogP contribution in [0.15, 0.2) is 29.4 Å². The molecular weight excluding hydrogens is 377 g/mol. The van der Waals surface area contributed by atoms with Crippen LogP contribution in [0.5, 0.6) is 0 Å². The van der Waals surface area contributed by atoms with E-state index in [9.17, 15) is 17.6 Å². The lowest BCUT2D eigenvalue weighted by molar-refractivity contribution is 0.0994. The summed E-state index contributed by atoms with van der Waals surface area (Å²) >= 11 is 1.28. The third-order valence-corrected chi connectivity index (χ3v) is 7.47. The molecule has 3 rings (SSSR count). The van der Waals surface area contributed by atoms with E-state index in [-0.39, 0.29) is 29.0 Å². The largest absolute Gasteiger partial charge is 0.309 e. The zero-order chi connectivity index (χ0) is 18.9. The van der Waals surface area contributed by atoms with Gasteiger partial charge in [-0.25, -0.2) is 12.8 Å². The van der Waals surface area contributed by atoms with Crippen LogP contribution in [0.25, 0.3) is 0 Å². The number of sulfone groups is 1. The number of thioether (sulfide) groups is 1. The zero-order valence-corrected chi connectivity index (χ0v) is 16.2. The first kappa shape index (κ1) is 19.0. The summed E-state index contributed by atoms with van der Waals surface area (Å²) < 4.78 is 38.0. The molecule has 140 valence electrons. The van der Waals surface area contributed by atoms with Gasteiger partial charge in [-0.3, -0.25) is 4.79 Å². The topological polar surface area (TPSA) is 81.9 Å². The summed E-state index contributed by atoms with van der Waals surface area (Å²) in [6, 6.07) is 5.47. The van der Waals surface area contributed by atoms with E-state index in [1.807, 2.05) is 11.6 Å². The number of carbonyl (C=O) groups excluding carboxylic acids is 1. The van der Waals surface area contributed by atoms with Crippen molar-refractivity contribution in [3.05, 3.63) is 41.5 Å². The van der Waals surface area contributed by atoms with Crippen molar-refractivity contribution in [1.82, 2.24) is 14.8 Å². The molecule has 0 bridgehead atoms. The average molecular weight is 397 g/mol. The Kier molecular flexibility index (Phi) is 5.47. The molecule has 1 aliphatic heterocycles. The van der Waals surface area contributed by atoms with Crippen LogP contribution >= 0.6 is 11.8 Å². The summed E-state index contributed by atoms with van der Waals surface area (Å²) in [6.45, 7) is 1.77. The van der Waals surface area contributed by atoms with Crippen molar-refractivity contribution in [2.45, 2.75) is 30.2 Å². The van der Waals surface area contributed by atoms with Crippen molar-refractivity contribution in [3.8, 4) is 0 Å². The third kappa shape index (κ3) is 4.32. The van der Waals surface area contributed by atoms with Crippen LogP contribution in [0.2, 0.25) is 0 Å². The van der Waals surface area contributed by atoms with Crippen LogP contribution in [0.1, 0.15) is 29.5 Å². The highest BCUT2D eigenvalue weighted by Crippen LogP contribution is 2.27. The van der Waals surface area contributed by atoms with Gasteiger partial charge in [0.2, 0.25) is 0 Å². The molecule has 1 aromatic heterocycles. The maximum Gasteiger partial charge on any atom is 0.191 e. The van der Waals surface area contributed by atoms with E-state index in [2.05, 4.69) is 10.2 Å². The minimum absolute atomic E-state index is 0.0685. The van der Waals surface area contributed by atoms with Gasteiger partial charge in [0.25, 0.3) is 0 Å². The monoisotopic (exact) mass is 397 g/mol. The second-order valence-electron chi connectivity index (χ2n) is 6.56. The molecule has 26 heavy (non-hydrogen) atoms. The Morgan fingerprint density at radius 2 is 2.04 bits per heavy atom. The van der Waals surface area contributed by atoms with Crippen LogP contribution in [0, 0.1) is 11.7 Å². The summed E-state index contributed by atoms with van der Waals surface area (Å²) in [6.07, 6.45) is 1.21. The van der Waals surface area contributed by atoms with Gasteiger partial charge in [-0.2, -0.15) is 0 Å². The minimum atomic E-state index is -2.92. The Balaban J connectivity index is 1.66. The van der Waals surface area contributed by atoms with Crippen molar-refractivity contribution in [2.24, 2.45) is 13.0 Å². The first-order valence-electron chi connectivity index (χ1n) is 8.30. The molecule has 1 aromatic carbocycles. The lowest BCUT2D eigenvalue weighted by Crippen LogP contribution is -2.15. The fourth-order valence-electron chi connectivity index (χ4n) is 2.98. The Bertz CT molecular complexity index is 910. The molecule has 0 radical (unpaired) electrons. The predicted octanol–water partition coefficient (Wildman–Crippen LogP) is 2.29. The molecule has 0 spiro atoms. The molecule has 0 amide bonds. The minimum Gasteiger partial charge on any atom is -0.309 e. The zero-order valence-electron chi connectivity index (χ0n) is 14.6. The van der Waals surface area contributed by atoms with E-state index in [1.54, 1.807) is 6.92 Å². The maximum absolute atomic E-state index is 13.0. The molecular formula is C17H20FN3O3S2. The first-order chi connectivity index (χ1) is 12.2. The quantitative estimate of drug-likeness (QED) is 0.549. The number of hydrogen-bond acceptors (Lipinski definition) is 6. The Labute approximate surface area is 156 Å². The van der Waals surface area contributed by atoms with E-state index in [0.29, 0.717) is 23.6 Å². The number of benzene rings is 1. The lowest BCUT2D eigenvalue weighted by Gasteiger charge is -2.11. The van der Waals surface area contributed by atoms with Crippen LogP contribution < -0.4 is 0 Å². The van der Waals surface area contributed by atoms with Crippen molar-refractivity contribution in [2.75, 3.05) is 11.5 Å². The maximum atomic E-state index is 13.0. The summed E-state index contributed by atoms with van der Waals surface area (Å²) in [5.41, 5.74) is 0.449. The molecule has 1 saturated heterocycles. The summed E-state index contributed by atoms with van der Waals surface area (Å²) in [5, 5.41) is 8.50. The summed E-state index contributed by atoms with van der Waals surface area (Å²) in [7, 11) is -1.10. The van der Waals surface area contributed by atoms with Crippen molar-refractivity contribution in [3.63, 3.8) is 0 Å². The molecule has 0 saturated carbocycles. The second-order valence-corrected chi connectivity index (χ2v) is 10.1. The molecule has 0 N–H and O–H groups in total. The van der Waals surface area contributed by atoms with E-state index in [0.717, 1.165) is 5.82 Å². The summed E-state index contributed by atoms with van der Waals surface area (Å²) in [4.78, 5) is 12.5. The number of hydrogen-bond donors (Lipinski definition) is 0. The number of aromatic nitrogens is 3. The molecule has 0 aliphatic carbocycles. The predicted molar refractivity (Wildman–Crippen MR) is 97.5 cm³/mol. The number of carbonyl (C=O) groups is 1. The summed E-state index contributed by atoms with van der Waals surface area (Å²) in [5.74, 6) is 0.729. The third-order valence-electron chi connectivity index (χ3n) is 4.50. The Hall–Kier alpha value is -1.74. The standard InChI is InChI=1S/C17H20FN3O3S2/c1-11(16(22)13-3-5-14(18)6-4-13)25-17-20-19-15(21(17)2)9-12-7-8-26(23,24)10-12/h3-6,11-12H,7-10H2,1-2H3/t11-,12-/m0/s1. The molecule has 6 nitrogen and oxygen atoms in total. The SMILES string of the molecule is C[C@H](Sc1nnc(C[C@@H]2CCS(=O)(=O)C2)n1C)C(=O)c1ccc(F)cc1. The van der Waals surface area contributed by atoms with Crippen LogP contribution in [0.4, 0.5) is 4.39 Å². The molecule has 2 atom stereocenters. The first-order valence-corrected chi connectivity index (χ1v) is 11.0. The lowest BCUT2D eigenvalue weighted by atomic mass is 10.1. The number of rotatable bonds is 6. The molecule has 2 heterocycles. The van der Waals surface area contributed by atoms with E-state index in [1.165, 1.54) is 36.0 Å². The fraction of sp³-hybridized carbons (Fsp3) is 0.471. The molecule has 1 fully saturated rings. The fourth-order valence-corrected chi connectivity index (χ4v) is 5.75. The van der Waals surface area contributed by atoms with Crippen molar-refractivity contribution in [1.29, 1.82) is 0 Å². The second kappa shape index (κ2) is 7.48. The van der Waals surface area contributed by atoms with Gasteiger partial charge in [0.1, 0.15) is 11.6 Å². The van der Waals surface area contributed by atoms with E-state index >= 15 is 0 Å². The molecule has 9 heteroatoms. The number of nitrogens with zero attached hydrogens (tertiary/aromatic N) is 3.